The Morgan fingerprint density at radius 2 is 2.18 bits per heavy atom. The number of imidazole rings is 1. The second-order valence-electron chi connectivity index (χ2n) is 4.54. The lowest BCUT2D eigenvalue weighted by molar-refractivity contribution is 0.0659. The molecule has 2 aromatic rings. The van der Waals surface area contributed by atoms with Crippen LogP contribution in [0.2, 0.25) is 0 Å². The van der Waals surface area contributed by atoms with Crippen LogP contribution in [-0.4, -0.2) is 22.6 Å². The second kappa shape index (κ2) is 4.78. The van der Waals surface area contributed by atoms with Crippen molar-refractivity contribution >= 4 is 21.4 Å². The Hall–Kier alpha value is -0.870. The van der Waals surface area contributed by atoms with Gasteiger partial charge >= 0.3 is 0 Å². The molecule has 1 aliphatic heterocycles. The van der Waals surface area contributed by atoms with Crippen molar-refractivity contribution in [1.29, 1.82) is 0 Å². The number of nitrogens with zero attached hydrogens (tertiary/aromatic N) is 2. The Morgan fingerprint density at radius 1 is 1.35 bits per heavy atom. The van der Waals surface area contributed by atoms with Crippen LogP contribution in [0, 0.1) is 5.92 Å². The van der Waals surface area contributed by atoms with Crippen LogP contribution in [0.5, 0.6) is 0 Å². The van der Waals surface area contributed by atoms with Crippen molar-refractivity contribution in [3.63, 3.8) is 0 Å². The number of pyridine rings is 1. The predicted octanol–water partition coefficient (Wildman–Crippen LogP) is 3.07. The van der Waals surface area contributed by atoms with E-state index in [1.807, 2.05) is 12.3 Å². The molecule has 1 aliphatic rings. The molecule has 3 heterocycles. The molecule has 90 valence electrons. The summed E-state index contributed by atoms with van der Waals surface area (Å²) in [6.45, 7) is 1.80. The van der Waals surface area contributed by atoms with E-state index in [0.29, 0.717) is 5.92 Å². The van der Waals surface area contributed by atoms with Crippen molar-refractivity contribution < 1.29 is 4.74 Å². The molecule has 0 bridgehead atoms. The number of aromatic nitrogens is 2. The Bertz CT molecular complexity index is 517. The van der Waals surface area contributed by atoms with E-state index in [9.17, 15) is 0 Å². The fourth-order valence-electron chi connectivity index (χ4n) is 2.42. The zero-order chi connectivity index (χ0) is 11.7. The summed E-state index contributed by atoms with van der Waals surface area (Å²) in [6, 6.07) is 6.19. The zero-order valence-electron chi connectivity index (χ0n) is 9.60. The maximum absolute atomic E-state index is 5.39. The van der Waals surface area contributed by atoms with Gasteiger partial charge in [-0.15, -0.1) is 0 Å². The quantitative estimate of drug-likeness (QED) is 0.796. The molecule has 0 aromatic carbocycles. The molecule has 1 saturated heterocycles. The van der Waals surface area contributed by atoms with Crippen LogP contribution in [0.15, 0.2) is 29.0 Å². The molecule has 0 spiro atoms. The summed E-state index contributed by atoms with van der Waals surface area (Å²) in [5, 5.41) is 0. The minimum absolute atomic E-state index is 0.710. The van der Waals surface area contributed by atoms with E-state index in [1.165, 1.54) is 0 Å². The highest BCUT2D eigenvalue weighted by atomic mass is 79.9. The maximum atomic E-state index is 5.39. The molecule has 0 radical (unpaired) electrons. The van der Waals surface area contributed by atoms with Crippen LogP contribution in [0.3, 0.4) is 0 Å². The van der Waals surface area contributed by atoms with E-state index < -0.39 is 0 Å². The molecular weight excluding hydrogens is 280 g/mol. The number of ether oxygens (including phenoxy) is 1. The molecule has 0 unspecified atom stereocenters. The van der Waals surface area contributed by atoms with Gasteiger partial charge in [0.1, 0.15) is 5.82 Å². The van der Waals surface area contributed by atoms with Crippen molar-refractivity contribution in [3.05, 3.63) is 34.8 Å². The average molecular weight is 295 g/mol. The molecule has 4 heteroatoms. The molecule has 0 atom stereocenters. The highest BCUT2D eigenvalue weighted by molar-refractivity contribution is 9.10. The Balaban J connectivity index is 1.89. The molecule has 3 rings (SSSR count). The highest BCUT2D eigenvalue weighted by Crippen LogP contribution is 2.22. The van der Waals surface area contributed by atoms with Crippen molar-refractivity contribution in [2.24, 2.45) is 5.92 Å². The topological polar surface area (TPSA) is 26.5 Å². The van der Waals surface area contributed by atoms with Crippen LogP contribution >= 0.6 is 15.9 Å². The van der Waals surface area contributed by atoms with E-state index in [0.717, 1.165) is 48.4 Å². The van der Waals surface area contributed by atoms with E-state index in [-0.39, 0.29) is 0 Å². The first-order chi connectivity index (χ1) is 8.34. The minimum atomic E-state index is 0.710. The van der Waals surface area contributed by atoms with Gasteiger partial charge in [-0.2, -0.15) is 0 Å². The lowest BCUT2D eigenvalue weighted by Crippen LogP contribution is -2.18. The minimum Gasteiger partial charge on any atom is -0.381 e. The third kappa shape index (κ3) is 2.24. The van der Waals surface area contributed by atoms with Gasteiger partial charge in [-0.05, 0) is 46.8 Å². The van der Waals surface area contributed by atoms with Crippen LogP contribution in [0.4, 0.5) is 0 Å². The number of hydrogen-bond acceptors (Lipinski definition) is 2. The normalized spacial score (nSPS) is 17.7. The van der Waals surface area contributed by atoms with Crippen molar-refractivity contribution in [2.75, 3.05) is 13.2 Å². The van der Waals surface area contributed by atoms with Gasteiger partial charge in [-0.25, -0.2) is 4.98 Å². The number of hydrogen-bond donors (Lipinski definition) is 0. The van der Waals surface area contributed by atoms with Crippen LogP contribution in [0.1, 0.15) is 18.7 Å². The predicted molar refractivity (Wildman–Crippen MR) is 70.1 cm³/mol. The van der Waals surface area contributed by atoms with E-state index in [2.05, 4.69) is 37.4 Å². The summed E-state index contributed by atoms with van der Waals surface area (Å²) in [5.74, 6) is 1.86. The van der Waals surface area contributed by atoms with Crippen molar-refractivity contribution in [3.8, 4) is 0 Å². The summed E-state index contributed by atoms with van der Waals surface area (Å²) in [4.78, 5) is 4.54. The molecule has 2 aromatic heterocycles. The number of fused-ring (bicyclic) bond motifs is 1. The van der Waals surface area contributed by atoms with Gasteiger partial charge < -0.3 is 4.74 Å². The molecule has 0 saturated carbocycles. The molecule has 3 nitrogen and oxygen atoms in total. The largest absolute Gasteiger partial charge is 0.381 e. The van der Waals surface area contributed by atoms with E-state index in [4.69, 9.17) is 4.74 Å². The first-order valence-corrected chi connectivity index (χ1v) is 6.82. The second-order valence-corrected chi connectivity index (χ2v) is 5.36. The van der Waals surface area contributed by atoms with Crippen LogP contribution in [-0.2, 0) is 11.2 Å². The SMILES string of the molecule is Brc1cccc2cnc(CC3CCOCC3)n12. The Labute approximate surface area is 109 Å². The van der Waals surface area contributed by atoms with Gasteiger partial charge in [0, 0.05) is 19.6 Å². The number of rotatable bonds is 2. The lowest BCUT2D eigenvalue weighted by atomic mass is 9.96. The fraction of sp³-hybridized carbons (Fsp3) is 0.462. The molecule has 0 aliphatic carbocycles. The van der Waals surface area contributed by atoms with E-state index >= 15 is 0 Å². The summed E-state index contributed by atoms with van der Waals surface area (Å²) in [6.07, 6.45) is 5.29. The standard InChI is InChI=1S/C13H15BrN2O/c14-12-3-1-2-11-9-15-13(16(11)12)8-10-4-6-17-7-5-10/h1-3,9-10H,4-8H2. The molecule has 0 N–H and O–H groups in total. The third-order valence-corrected chi connectivity index (χ3v) is 4.01. The van der Waals surface area contributed by atoms with Crippen molar-refractivity contribution in [2.45, 2.75) is 19.3 Å². The number of halogens is 1. The van der Waals surface area contributed by atoms with Crippen LogP contribution < -0.4 is 0 Å². The Kier molecular flexibility index (Phi) is 3.16. The first kappa shape index (κ1) is 11.2. The monoisotopic (exact) mass is 294 g/mol. The van der Waals surface area contributed by atoms with Gasteiger partial charge in [0.2, 0.25) is 0 Å². The van der Waals surface area contributed by atoms with Gasteiger partial charge in [0.05, 0.1) is 16.3 Å². The zero-order valence-corrected chi connectivity index (χ0v) is 11.2. The molecular formula is C13H15BrN2O. The van der Waals surface area contributed by atoms with Gasteiger partial charge in [0.25, 0.3) is 0 Å². The van der Waals surface area contributed by atoms with Gasteiger partial charge in [-0.3, -0.25) is 4.40 Å². The van der Waals surface area contributed by atoms with Gasteiger partial charge in [-0.1, -0.05) is 6.07 Å². The smallest absolute Gasteiger partial charge is 0.114 e. The summed E-state index contributed by atoms with van der Waals surface area (Å²) >= 11 is 3.59. The fourth-order valence-corrected chi connectivity index (χ4v) is 2.98. The molecule has 0 amide bonds. The Morgan fingerprint density at radius 3 is 3.00 bits per heavy atom. The van der Waals surface area contributed by atoms with Crippen molar-refractivity contribution in [1.82, 2.24) is 9.38 Å². The first-order valence-electron chi connectivity index (χ1n) is 6.03. The van der Waals surface area contributed by atoms with Gasteiger partial charge in [0.15, 0.2) is 0 Å². The summed E-state index contributed by atoms with van der Waals surface area (Å²) in [5.41, 5.74) is 1.15. The van der Waals surface area contributed by atoms with E-state index in [1.54, 1.807) is 0 Å². The summed E-state index contributed by atoms with van der Waals surface area (Å²) in [7, 11) is 0. The van der Waals surface area contributed by atoms with Crippen LogP contribution in [0.25, 0.3) is 5.52 Å². The lowest BCUT2D eigenvalue weighted by Gasteiger charge is -2.21. The molecule has 17 heavy (non-hydrogen) atoms. The molecule has 1 fully saturated rings. The highest BCUT2D eigenvalue weighted by Gasteiger charge is 2.17. The maximum Gasteiger partial charge on any atom is 0.114 e. The third-order valence-electron chi connectivity index (χ3n) is 3.39. The average Bonchev–Trinajstić information content (AvgIpc) is 2.75. The summed E-state index contributed by atoms with van der Waals surface area (Å²) < 4.78 is 8.66.